The van der Waals surface area contributed by atoms with Crippen LogP contribution >= 0.6 is 23.4 Å². The summed E-state index contributed by atoms with van der Waals surface area (Å²) >= 11 is 7.54. The fourth-order valence-corrected chi connectivity index (χ4v) is 3.20. The van der Waals surface area contributed by atoms with Crippen molar-refractivity contribution in [3.8, 4) is 0 Å². The molecule has 0 amide bonds. The second-order valence-electron chi connectivity index (χ2n) is 5.50. The van der Waals surface area contributed by atoms with Crippen LogP contribution in [0.1, 0.15) is 36.2 Å². The van der Waals surface area contributed by atoms with Crippen LogP contribution in [-0.4, -0.2) is 17.0 Å². The van der Waals surface area contributed by atoms with E-state index in [0.717, 1.165) is 5.56 Å². The summed E-state index contributed by atoms with van der Waals surface area (Å²) in [7, 11) is 0. The van der Waals surface area contributed by atoms with E-state index >= 15 is 0 Å². The predicted molar refractivity (Wildman–Crippen MR) is 89.9 cm³/mol. The topological polar surface area (TPSA) is 49.9 Å². The van der Waals surface area contributed by atoms with Gasteiger partial charge >= 0.3 is 0 Å². The first-order chi connectivity index (χ1) is 9.86. The summed E-state index contributed by atoms with van der Waals surface area (Å²) in [5.41, 5.74) is 1.46. The Morgan fingerprint density at radius 1 is 1.38 bits per heavy atom. The molecule has 21 heavy (non-hydrogen) atoms. The van der Waals surface area contributed by atoms with E-state index in [4.69, 9.17) is 11.6 Å². The van der Waals surface area contributed by atoms with Crippen molar-refractivity contribution < 1.29 is 4.79 Å². The predicted octanol–water partition coefficient (Wildman–Crippen LogP) is 4.44. The molecule has 0 saturated heterocycles. The summed E-state index contributed by atoms with van der Waals surface area (Å²) in [5, 5.41) is 1.59. The number of aromatic nitrogens is 1. The maximum atomic E-state index is 12.8. The molecule has 0 radical (unpaired) electrons. The van der Waals surface area contributed by atoms with E-state index in [2.05, 4.69) is 4.98 Å². The largest absolute Gasteiger partial charge is 0.348 e. The molecule has 1 N–H and O–H groups in total. The third-order valence-corrected chi connectivity index (χ3v) is 4.39. The summed E-state index contributed by atoms with van der Waals surface area (Å²) in [5.74, 6) is 0.0969. The highest BCUT2D eigenvalue weighted by Crippen LogP contribution is 2.27. The molecule has 1 heterocycles. The van der Waals surface area contributed by atoms with Crippen molar-refractivity contribution in [2.45, 2.75) is 32.2 Å². The lowest BCUT2D eigenvalue weighted by Gasteiger charge is -2.12. The first-order valence-electron chi connectivity index (χ1n) is 6.79. The summed E-state index contributed by atoms with van der Waals surface area (Å²) in [4.78, 5) is 28.4. The Morgan fingerprint density at radius 2 is 2.05 bits per heavy atom. The Labute approximate surface area is 133 Å². The van der Waals surface area contributed by atoms with Crippen LogP contribution in [0.3, 0.4) is 0 Å². The first-order valence-corrected chi connectivity index (χ1v) is 8.39. The number of aryl methyl sites for hydroxylation is 1. The van der Waals surface area contributed by atoms with Gasteiger partial charge in [0.25, 0.3) is 0 Å². The van der Waals surface area contributed by atoms with Crippen molar-refractivity contribution in [2.24, 2.45) is 5.92 Å². The van der Waals surface area contributed by atoms with Gasteiger partial charge in [-0.05, 0) is 30.7 Å². The Bertz CT molecular complexity index is 765. The van der Waals surface area contributed by atoms with Crippen LogP contribution in [-0.2, 0) is 0 Å². The number of Topliss-reactive ketones (excluding diaryl/α,β-unsaturated/α-hetero) is 1. The van der Waals surface area contributed by atoms with E-state index in [9.17, 15) is 9.59 Å². The van der Waals surface area contributed by atoms with Gasteiger partial charge in [0, 0.05) is 6.42 Å². The molecule has 0 bridgehead atoms. The molecule has 0 aliphatic carbocycles. The quantitative estimate of drug-likeness (QED) is 0.668. The van der Waals surface area contributed by atoms with E-state index in [-0.39, 0.29) is 22.7 Å². The number of fused-ring (bicyclic) bond motifs is 1. The van der Waals surface area contributed by atoms with Gasteiger partial charge < -0.3 is 4.98 Å². The van der Waals surface area contributed by atoms with Crippen LogP contribution in [0.4, 0.5) is 0 Å². The van der Waals surface area contributed by atoms with Crippen molar-refractivity contribution in [3.05, 3.63) is 38.5 Å². The molecular formula is C16H18ClNO2S. The number of H-pyrrole nitrogens is 1. The van der Waals surface area contributed by atoms with Gasteiger partial charge in [0.1, 0.15) is 0 Å². The molecule has 3 nitrogen and oxygen atoms in total. The lowest BCUT2D eigenvalue weighted by molar-refractivity contribution is 0.0963. The van der Waals surface area contributed by atoms with E-state index in [1.807, 2.05) is 27.0 Å². The molecule has 0 aliphatic heterocycles. The fourth-order valence-electron chi connectivity index (χ4n) is 2.38. The Morgan fingerprint density at radius 3 is 2.62 bits per heavy atom. The number of nitrogens with one attached hydrogen (secondary N) is 1. The van der Waals surface area contributed by atoms with Crippen LogP contribution in [0, 0.1) is 12.8 Å². The molecule has 0 saturated carbocycles. The van der Waals surface area contributed by atoms with Crippen molar-refractivity contribution >= 4 is 40.0 Å². The smallest absolute Gasteiger partial charge is 0.201 e. The maximum absolute atomic E-state index is 12.8. The highest BCUT2D eigenvalue weighted by atomic mass is 35.5. The summed E-state index contributed by atoms with van der Waals surface area (Å²) in [6.45, 7) is 5.78. The van der Waals surface area contributed by atoms with Crippen LogP contribution in [0.2, 0.25) is 5.02 Å². The van der Waals surface area contributed by atoms with Gasteiger partial charge in [0.2, 0.25) is 5.43 Å². The average Bonchev–Trinajstić information content (AvgIpc) is 2.41. The SMILES string of the molecule is CSc1[nH]c2c(Cl)ccc(C)c2c(=O)c1C(=O)CC(C)C. The number of halogens is 1. The molecule has 2 aromatic rings. The number of hydrogen-bond acceptors (Lipinski definition) is 3. The minimum absolute atomic E-state index is 0.114. The zero-order chi connectivity index (χ0) is 15.7. The van der Waals surface area contributed by atoms with Crippen LogP contribution in [0.15, 0.2) is 22.0 Å². The standard InChI is InChI=1S/C16H18ClNO2S/c1-8(2)7-11(19)13-15(20)12-9(3)5-6-10(17)14(12)18-16(13)21-4/h5-6,8H,7H2,1-4H3,(H,18,20). The Balaban J connectivity index is 2.82. The number of benzene rings is 1. The molecule has 0 fully saturated rings. The lowest BCUT2D eigenvalue weighted by atomic mass is 9.99. The monoisotopic (exact) mass is 323 g/mol. The van der Waals surface area contributed by atoms with Crippen molar-refractivity contribution in [1.29, 1.82) is 0 Å². The molecule has 112 valence electrons. The molecule has 0 atom stereocenters. The molecule has 0 aliphatic rings. The van der Waals surface area contributed by atoms with Gasteiger partial charge in [-0.15, -0.1) is 11.8 Å². The fraction of sp³-hybridized carbons (Fsp3) is 0.375. The molecule has 0 unspecified atom stereocenters. The lowest BCUT2D eigenvalue weighted by Crippen LogP contribution is -2.20. The van der Waals surface area contributed by atoms with Crippen LogP contribution in [0.25, 0.3) is 10.9 Å². The number of pyridine rings is 1. The first kappa shape index (κ1) is 16.1. The molecule has 2 rings (SSSR count). The van der Waals surface area contributed by atoms with E-state index in [1.165, 1.54) is 11.8 Å². The van der Waals surface area contributed by atoms with E-state index in [1.54, 1.807) is 12.1 Å². The van der Waals surface area contributed by atoms with Gasteiger partial charge in [-0.3, -0.25) is 9.59 Å². The van der Waals surface area contributed by atoms with E-state index < -0.39 is 0 Å². The molecule has 1 aromatic heterocycles. The number of rotatable bonds is 4. The summed E-state index contributed by atoms with van der Waals surface area (Å²) in [6, 6.07) is 3.56. The summed E-state index contributed by atoms with van der Waals surface area (Å²) < 4.78 is 0. The average molecular weight is 324 g/mol. The van der Waals surface area contributed by atoms with Crippen molar-refractivity contribution in [1.82, 2.24) is 4.98 Å². The Kier molecular flexibility index (Phi) is 4.79. The molecule has 5 heteroatoms. The van der Waals surface area contributed by atoms with Crippen LogP contribution in [0.5, 0.6) is 0 Å². The van der Waals surface area contributed by atoms with Gasteiger partial charge in [0.05, 0.1) is 26.5 Å². The minimum atomic E-state index is -0.223. The van der Waals surface area contributed by atoms with Gasteiger partial charge in [-0.25, -0.2) is 0 Å². The number of ketones is 1. The molecular weight excluding hydrogens is 306 g/mol. The second kappa shape index (κ2) is 6.24. The normalized spacial score (nSPS) is 11.3. The molecule has 1 aromatic carbocycles. The zero-order valence-corrected chi connectivity index (χ0v) is 14.1. The Hall–Kier alpha value is -1.26. The third kappa shape index (κ3) is 3.01. The van der Waals surface area contributed by atoms with Crippen molar-refractivity contribution in [2.75, 3.05) is 6.26 Å². The highest BCUT2D eigenvalue weighted by molar-refractivity contribution is 7.98. The van der Waals surface area contributed by atoms with E-state index in [0.29, 0.717) is 27.4 Å². The van der Waals surface area contributed by atoms with Gasteiger partial charge in [0.15, 0.2) is 5.78 Å². The molecule has 0 spiro atoms. The third-order valence-electron chi connectivity index (χ3n) is 3.36. The zero-order valence-electron chi connectivity index (χ0n) is 12.5. The number of carbonyl (C=O) groups is 1. The van der Waals surface area contributed by atoms with Crippen molar-refractivity contribution in [3.63, 3.8) is 0 Å². The maximum Gasteiger partial charge on any atom is 0.201 e. The highest BCUT2D eigenvalue weighted by Gasteiger charge is 2.21. The number of aromatic amines is 1. The van der Waals surface area contributed by atoms with Gasteiger partial charge in [-0.1, -0.05) is 31.5 Å². The van der Waals surface area contributed by atoms with Gasteiger partial charge in [-0.2, -0.15) is 0 Å². The number of hydrogen-bond donors (Lipinski definition) is 1. The number of carbonyl (C=O) groups excluding carboxylic acids is 1. The number of thioether (sulfide) groups is 1. The summed E-state index contributed by atoms with van der Waals surface area (Å²) in [6.07, 6.45) is 2.20. The minimum Gasteiger partial charge on any atom is -0.348 e. The van der Waals surface area contributed by atoms with Crippen LogP contribution < -0.4 is 5.43 Å². The second-order valence-corrected chi connectivity index (χ2v) is 6.72.